The maximum atomic E-state index is 11.1. The number of esters is 1. The smallest absolute Gasteiger partial charge is 0.699 e. The van der Waals surface area contributed by atoms with Crippen molar-refractivity contribution >= 4 is 11.7 Å². The van der Waals surface area contributed by atoms with Gasteiger partial charge in [-0.1, -0.05) is 38.1 Å². The van der Waals surface area contributed by atoms with E-state index in [0.29, 0.717) is 5.69 Å². The van der Waals surface area contributed by atoms with Crippen molar-refractivity contribution in [3.63, 3.8) is 0 Å². The Balaban J connectivity index is 0.00000196. The average Bonchev–Trinajstić information content (AvgIpc) is 2.16. The topological polar surface area (TPSA) is 50.1 Å². The van der Waals surface area contributed by atoms with Gasteiger partial charge in [0, 0.05) is 0 Å². The Morgan fingerprint density at radius 2 is 1.87 bits per heavy atom. The van der Waals surface area contributed by atoms with E-state index in [9.17, 15) is 4.79 Å². The number of benzene rings is 1. The first kappa shape index (κ1) is 15.1. The van der Waals surface area contributed by atoms with E-state index >= 15 is 0 Å². The van der Waals surface area contributed by atoms with Gasteiger partial charge < -0.3 is 10.5 Å². The fourth-order valence-electron chi connectivity index (χ4n) is 0.922. The van der Waals surface area contributed by atoms with Gasteiger partial charge in [0.25, 0.3) is 0 Å². The molecule has 1 rings (SSSR count). The van der Waals surface area contributed by atoms with Crippen molar-refractivity contribution in [2.24, 2.45) is 5.92 Å². The van der Waals surface area contributed by atoms with E-state index in [4.69, 9.17) is 10.5 Å². The Morgan fingerprint density at radius 3 is 2.33 bits per heavy atom. The third-order valence-corrected chi connectivity index (χ3v) is 1.81. The molecule has 0 aliphatic carbocycles. The van der Waals surface area contributed by atoms with Crippen LogP contribution in [0.1, 0.15) is 19.4 Å². The van der Waals surface area contributed by atoms with Gasteiger partial charge in [0.15, 0.2) is 0 Å². The normalized spacial score (nSPS) is 9.53. The Kier molecular flexibility index (Phi) is 7.47. The molecule has 3 nitrogen and oxygen atoms in total. The molecule has 1 aromatic rings. The van der Waals surface area contributed by atoms with E-state index in [1.54, 1.807) is 38.1 Å². The van der Waals surface area contributed by atoms with Crippen LogP contribution in [0.4, 0.5) is 5.69 Å². The molecule has 0 spiro atoms. The molecule has 4 heteroatoms. The SMILES string of the molecule is CC(C)C(=O)OCc1ccc([NH-])cc1.[K+]. The molecular weight excluding hydrogens is 217 g/mol. The second-order valence-corrected chi connectivity index (χ2v) is 3.46. The van der Waals surface area contributed by atoms with E-state index in [-0.39, 0.29) is 69.9 Å². The molecule has 0 bridgehead atoms. The van der Waals surface area contributed by atoms with Gasteiger partial charge in [0.1, 0.15) is 6.61 Å². The number of carbonyl (C=O) groups is 1. The number of hydrogen-bond donors (Lipinski definition) is 0. The summed E-state index contributed by atoms with van der Waals surface area (Å²) in [6, 6.07) is 6.93. The van der Waals surface area contributed by atoms with Crippen LogP contribution >= 0.6 is 0 Å². The van der Waals surface area contributed by atoms with Crippen molar-refractivity contribution in [3.05, 3.63) is 35.6 Å². The van der Waals surface area contributed by atoms with E-state index in [0.717, 1.165) is 5.56 Å². The Bertz CT molecular complexity index is 309. The number of nitrogens with one attached hydrogen (secondary N) is 1. The summed E-state index contributed by atoms with van der Waals surface area (Å²) >= 11 is 0. The van der Waals surface area contributed by atoms with E-state index in [1.807, 2.05) is 0 Å². The maximum absolute atomic E-state index is 11.1. The van der Waals surface area contributed by atoms with Crippen molar-refractivity contribution < 1.29 is 60.9 Å². The Morgan fingerprint density at radius 1 is 1.33 bits per heavy atom. The van der Waals surface area contributed by atoms with Crippen LogP contribution < -0.4 is 51.4 Å². The zero-order valence-corrected chi connectivity index (χ0v) is 12.5. The van der Waals surface area contributed by atoms with Crippen LogP contribution in [0.2, 0.25) is 0 Å². The molecule has 15 heavy (non-hydrogen) atoms. The third kappa shape index (κ3) is 5.68. The molecule has 1 aromatic carbocycles. The van der Waals surface area contributed by atoms with Gasteiger partial charge in [0.2, 0.25) is 0 Å². The Hall–Kier alpha value is 0.126. The molecule has 0 aromatic heterocycles. The van der Waals surface area contributed by atoms with Crippen molar-refractivity contribution in [1.82, 2.24) is 0 Å². The standard InChI is InChI=1S/C11H14NO2.K/c1-8(2)11(13)14-7-9-3-5-10(12)6-4-9;/h3-6,8,12H,7H2,1-2H3;/q-1;+1. The van der Waals surface area contributed by atoms with Crippen molar-refractivity contribution in [2.75, 3.05) is 0 Å². The van der Waals surface area contributed by atoms with Crippen LogP contribution in [0.15, 0.2) is 24.3 Å². The first-order valence-corrected chi connectivity index (χ1v) is 4.57. The summed E-state index contributed by atoms with van der Waals surface area (Å²) in [7, 11) is 0. The molecule has 0 unspecified atom stereocenters. The number of hydrogen-bond acceptors (Lipinski definition) is 2. The van der Waals surface area contributed by atoms with Crippen LogP contribution in [0.3, 0.4) is 0 Å². The molecule has 0 amide bonds. The summed E-state index contributed by atoms with van der Waals surface area (Å²) in [5, 5.41) is 0. The predicted molar refractivity (Wildman–Crippen MR) is 55.1 cm³/mol. The van der Waals surface area contributed by atoms with Gasteiger partial charge in [-0.25, -0.2) is 0 Å². The minimum absolute atomic E-state index is 0. The summed E-state index contributed by atoms with van der Waals surface area (Å²) in [5.41, 5.74) is 8.64. The molecule has 0 heterocycles. The van der Waals surface area contributed by atoms with Crippen molar-refractivity contribution in [3.8, 4) is 0 Å². The van der Waals surface area contributed by atoms with Crippen molar-refractivity contribution in [1.29, 1.82) is 0 Å². The summed E-state index contributed by atoms with van der Waals surface area (Å²) < 4.78 is 5.03. The van der Waals surface area contributed by atoms with Gasteiger partial charge in [-0.3, -0.25) is 4.79 Å². The number of ether oxygens (including phenoxy) is 1. The van der Waals surface area contributed by atoms with E-state index in [1.165, 1.54) is 0 Å². The fraction of sp³-hybridized carbons (Fsp3) is 0.364. The zero-order valence-electron chi connectivity index (χ0n) is 9.41. The zero-order chi connectivity index (χ0) is 10.6. The van der Waals surface area contributed by atoms with Gasteiger partial charge in [0.05, 0.1) is 5.92 Å². The summed E-state index contributed by atoms with van der Waals surface area (Å²) in [6.45, 7) is 3.89. The summed E-state index contributed by atoms with van der Waals surface area (Å²) in [4.78, 5) is 11.1. The quantitative estimate of drug-likeness (QED) is 0.546. The average molecular weight is 231 g/mol. The Labute approximate surface area is 133 Å². The molecule has 0 saturated carbocycles. The molecular formula is C11H14KNO2. The summed E-state index contributed by atoms with van der Waals surface area (Å²) in [5.74, 6) is -0.287. The number of carbonyl (C=O) groups excluding carboxylic acids is 1. The monoisotopic (exact) mass is 231 g/mol. The molecule has 0 saturated heterocycles. The van der Waals surface area contributed by atoms with Crippen LogP contribution in [0, 0.1) is 5.92 Å². The first-order valence-electron chi connectivity index (χ1n) is 4.57. The fourth-order valence-corrected chi connectivity index (χ4v) is 0.922. The minimum Gasteiger partial charge on any atom is -0.699 e. The van der Waals surface area contributed by atoms with E-state index < -0.39 is 0 Å². The molecule has 0 radical (unpaired) electrons. The van der Waals surface area contributed by atoms with Crippen LogP contribution in [-0.2, 0) is 16.1 Å². The maximum Gasteiger partial charge on any atom is 1.00 e. The summed E-state index contributed by atoms with van der Waals surface area (Å²) in [6.07, 6.45) is 0. The minimum atomic E-state index is -0.194. The van der Waals surface area contributed by atoms with Crippen LogP contribution in [0.5, 0.6) is 0 Å². The molecule has 0 atom stereocenters. The molecule has 0 fully saturated rings. The van der Waals surface area contributed by atoms with Crippen molar-refractivity contribution in [2.45, 2.75) is 20.5 Å². The number of rotatable bonds is 3. The van der Waals surface area contributed by atoms with Gasteiger partial charge in [-0.15, -0.1) is 5.69 Å². The van der Waals surface area contributed by atoms with Crippen LogP contribution in [0.25, 0.3) is 5.73 Å². The first-order chi connectivity index (χ1) is 6.59. The second kappa shape index (κ2) is 7.41. The molecule has 0 aliphatic heterocycles. The van der Waals surface area contributed by atoms with Gasteiger partial charge in [-0.05, 0) is 5.56 Å². The predicted octanol–water partition coefficient (Wildman–Crippen LogP) is 0.0735. The molecule has 1 N–H and O–H groups in total. The van der Waals surface area contributed by atoms with E-state index in [2.05, 4.69) is 0 Å². The largest absolute Gasteiger partial charge is 1.00 e. The molecule has 0 aliphatic rings. The van der Waals surface area contributed by atoms with Gasteiger partial charge in [-0.2, -0.15) is 0 Å². The third-order valence-electron chi connectivity index (χ3n) is 1.81. The second-order valence-electron chi connectivity index (χ2n) is 3.46. The molecule has 76 valence electrons. The van der Waals surface area contributed by atoms with Crippen LogP contribution in [-0.4, -0.2) is 5.97 Å². The van der Waals surface area contributed by atoms with Gasteiger partial charge >= 0.3 is 57.4 Å².